The molecule has 0 unspecified atom stereocenters. The zero-order valence-corrected chi connectivity index (χ0v) is 17.1. The Morgan fingerprint density at radius 2 is 1.83 bits per heavy atom. The van der Waals surface area contributed by atoms with Gasteiger partial charge in [-0.2, -0.15) is 0 Å². The van der Waals surface area contributed by atoms with E-state index in [0.29, 0.717) is 6.54 Å². The molecule has 1 aliphatic heterocycles. The molecule has 3 rings (SSSR count). The van der Waals surface area contributed by atoms with E-state index < -0.39 is 4.92 Å². The van der Waals surface area contributed by atoms with Crippen molar-refractivity contribution in [1.29, 1.82) is 0 Å². The molecule has 1 fully saturated rings. The Morgan fingerprint density at radius 1 is 1.13 bits per heavy atom. The molecule has 1 aliphatic rings. The number of rotatable bonds is 9. The molecule has 0 aromatic heterocycles. The second-order valence-corrected chi connectivity index (χ2v) is 7.20. The fourth-order valence-corrected chi connectivity index (χ4v) is 3.65. The average Bonchev–Trinajstić information content (AvgIpc) is 2.79. The highest BCUT2D eigenvalue weighted by molar-refractivity contribution is 5.77. The van der Waals surface area contributed by atoms with Gasteiger partial charge in [-0.3, -0.25) is 19.8 Å². The van der Waals surface area contributed by atoms with Crippen LogP contribution in [0.4, 0.5) is 5.69 Å². The fraction of sp³-hybridized carbons (Fsp3) is 0.409. The van der Waals surface area contributed by atoms with Crippen molar-refractivity contribution in [1.82, 2.24) is 10.2 Å². The normalized spacial score (nSPS) is 15.2. The standard InChI is InChI=1S/C22H27N3O5/c1-29-18-11-9-17(10-12-18)20(24-13-5-2-6-14-24)15-23-22(26)16-30-21-8-4-3-7-19(21)25(27)28/h3-4,7-12,20H,2,5-6,13-16H2,1H3,(H,23,26)/t20-/m1/s1. The maximum atomic E-state index is 12.4. The van der Waals surface area contributed by atoms with Crippen molar-refractivity contribution in [2.24, 2.45) is 0 Å². The van der Waals surface area contributed by atoms with Gasteiger partial charge < -0.3 is 14.8 Å². The van der Waals surface area contributed by atoms with E-state index in [4.69, 9.17) is 9.47 Å². The number of hydrogen-bond acceptors (Lipinski definition) is 6. The van der Waals surface area contributed by atoms with Gasteiger partial charge in [0.15, 0.2) is 12.4 Å². The van der Waals surface area contributed by atoms with Gasteiger partial charge in [0, 0.05) is 12.6 Å². The predicted molar refractivity (Wildman–Crippen MR) is 113 cm³/mol. The van der Waals surface area contributed by atoms with E-state index in [2.05, 4.69) is 10.2 Å². The molecule has 2 aromatic rings. The molecule has 30 heavy (non-hydrogen) atoms. The quantitative estimate of drug-likeness (QED) is 0.501. The summed E-state index contributed by atoms with van der Waals surface area (Å²) in [4.78, 5) is 25.3. The number of para-hydroxylation sites is 2. The highest BCUT2D eigenvalue weighted by Crippen LogP contribution is 2.27. The molecule has 2 aromatic carbocycles. The van der Waals surface area contributed by atoms with Crippen molar-refractivity contribution < 1.29 is 19.2 Å². The minimum atomic E-state index is -0.525. The first kappa shape index (κ1) is 21.6. The van der Waals surface area contributed by atoms with E-state index in [-0.39, 0.29) is 30.0 Å². The Morgan fingerprint density at radius 3 is 2.50 bits per heavy atom. The second-order valence-electron chi connectivity index (χ2n) is 7.20. The van der Waals surface area contributed by atoms with Crippen LogP contribution >= 0.6 is 0 Å². The lowest BCUT2D eigenvalue weighted by molar-refractivity contribution is -0.385. The van der Waals surface area contributed by atoms with Crippen LogP contribution in [0.15, 0.2) is 48.5 Å². The minimum Gasteiger partial charge on any atom is -0.497 e. The number of piperidine rings is 1. The molecule has 1 amide bonds. The number of nitro benzene ring substituents is 1. The first-order chi connectivity index (χ1) is 14.6. The van der Waals surface area contributed by atoms with Gasteiger partial charge in [-0.15, -0.1) is 0 Å². The number of carbonyl (C=O) groups is 1. The largest absolute Gasteiger partial charge is 0.497 e. The van der Waals surface area contributed by atoms with Gasteiger partial charge in [-0.05, 0) is 49.7 Å². The lowest BCUT2D eigenvalue weighted by Gasteiger charge is -2.35. The Labute approximate surface area is 175 Å². The van der Waals surface area contributed by atoms with Gasteiger partial charge in [-0.25, -0.2) is 0 Å². The van der Waals surface area contributed by atoms with Crippen LogP contribution in [0.2, 0.25) is 0 Å². The molecule has 0 bridgehead atoms. The number of hydrogen-bond donors (Lipinski definition) is 1. The number of likely N-dealkylation sites (tertiary alicyclic amines) is 1. The fourth-order valence-electron chi connectivity index (χ4n) is 3.65. The summed E-state index contributed by atoms with van der Waals surface area (Å²) in [6.07, 6.45) is 3.50. The van der Waals surface area contributed by atoms with Crippen LogP contribution in [0.3, 0.4) is 0 Å². The Balaban J connectivity index is 1.61. The van der Waals surface area contributed by atoms with Gasteiger partial charge >= 0.3 is 5.69 Å². The van der Waals surface area contributed by atoms with E-state index in [0.717, 1.165) is 37.2 Å². The van der Waals surface area contributed by atoms with Crippen LogP contribution < -0.4 is 14.8 Å². The van der Waals surface area contributed by atoms with Crippen LogP contribution in [-0.4, -0.2) is 49.1 Å². The topological polar surface area (TPSA) is 93.9 Å². The van der Waals surface area contributed by atoms with Gasteiger partial charge in [0.2, 0.25) is 0 Å². The van der Waals surface area contributed by atoms with Gasteiger partial charge in [0.1, 0.15) is 5.75 Å². The smallest absolute Gasteiger partial charge is 0.310 e. The Bertz CT molecular complexity index is 850. The summed E-state index contributed by atoms with van der Waals surface area (Å²) in [6.45, 7) is 2.13. The van der Waals surface area contributed by atoms with Crippen molar-refractivity contribution >= 4 is 11.6 Å². The lowest BCUT2D eigenvalue weighted by Crippen LogP contribution is -2.41. The van der Waals surface area contributed by atoms with Crippen LogP contribution in [-0.2, 0) is 4.79 Å². The maximum absolute atomic E-state index is 12.4. The van der Waals surface area contributed by atoms with E-state index in [1.54, 1.807) is 19.2 Å². The molecule has 0 spiro atoms. The summed E-state index contributed by atoms with van der Waals surface area (Å²) in [7, 11) is 1.63. The lowest BCUT2D eigenvalue weighted by atomic mass is 10.0. The third kappa shape index (κ3) is 5.70. The molecule has 0 saturated carbocycles. The Kier molecular flexibility index (Phi) is 7.62. The molecule has 1 saturated heterocycles. The molecule has 1 atom stereocenters. The number of methoxy groups -OCH3 is 1. The summed E-state index contributed by atoms with van der Waals surface area (Å²) in [6, 6.07) is 14.0. The number of nitrogens with one attached hydrogen (secondary N) is 1. The predicted octanol–water partition coefficient (Wildman–Crippen LogP) is 3.33. The first-order valence-corrected chi connectivity index (χ1v) is 10.1. The van der Waals surface area contributed by atoms with Crippen LogP contribution in [0.5, 0.6) is 11.5 Å². The molecule has 160 valence electrons. The maximum Gasteiger partial charge on any atom is 0.310 e. The number of ether oxygens (including phenoxy) is 2. The third-order valence-electron chi connectivity index (χ3n) is 5.25. The number of benzene rings is 2. The molecule has 8 nitrogen and oxygen atoms in total. The van der Waals surface area contributed by atoms with Crippen LogP contribution in [0.1, 0.15) is 30.9 Å². The Hall–Kier alpha value is -3.13. The number of amides is 1. The zero-order chi connectivity index (χ0) is 21.3. The molecule has 0 radical (unpaired) electrons. The highest BCUT2D eigenvalue weighted by Gasteiger charge is 2.23. The summed E-state index contributed by atoms with van der Waals surface area (Å²) in [5, 5.41) is 14.0. The molecule has 1 N–H and O–H groups in total. The van der Waals surface area contributed by atoms with Gasteiger partial charge in [-0.1, -0.05) is 30.7 Å². The summed E-state index contributed by atoms with van der Waals surface area (Å²) >= 11 is 0. The minimum absolute atomic E-state index is 0.0474. The third-order valence-corrected chi connectivity index (χ3v) is 5.25. The van der Waals surface area contributed by atoms with E-state index in [1.165, 1.54) is 18.6 Å². The van der Waals surface area contributed by atoms with E-state index in [9.17, 15) is 14.9 Å². The molecular weight excluding hydrogens is 386 g/mol. The van der Waals surface area contributed by atoms with Crippen LogP contribution in [0, 0.1) is 10.1 Å². The van der Waals surface area contributed by atoms with Gasteiger partial charge in [0.05, 0.1) is 18.1 Å². The number of nitrogens with zero attached hydrogens (tertiary/aromatic N) is 2. The summed E-state index contributed by atoms with van der Waals surface area (Å²) in [5.41, 5.74) is 0.951. The van der Waals surface area contributed by atoms with Crippen LogP contribution in [0.25, 0.3) is 0 Å². The number of carbonyl (C=O) groups excluding carboxylic acids is 1. The monoisotopic (exact) mass is 413 g/mol. The van der Waals surface area contributed by atoms with E-state index in [1.807, 2.05) is 24.3 Å². The molecule has 1 heterocycles. The SMILES string of the molecule is COc1ccc([C@@H](CNC(=O)COc2ccccc2[N+](=O)[O-])N2CCCCC2)cc1. The van der Waals surface area contributed by atoms with Crippen molar-refractivity contribution in [3.8, 4) is 11.5 Å². The summed E-state index contributed by atoms with van der Waals surface area (Å²) < 4.78 is 10.6. The molecular formula is C22H27N3O5. The van der Waals surface area contributed by atoms with Crippen molar-refractivity contribution in [3.05, 3.63) is 64.2 Å². The number of nitro groups is 1. The second kappa shape index (κ2) is 10.6. The molecule has 0 aliphatic carbocycles. The van der Waals surface area contributed by atoms with Crippen molar-refractivity contribution in [3.63, 3.8) is 0 Å². The summed E-state index contributed by atoms with van der Waals surface area (Å²) in [5.74, 6) is 0.557. The van der Waals surface area contributed by atoms with Gasteiger partial charge in [0.25, 0.3) is 5.91 Å². The first-order valence-electron chi connectivity index (χ1n) is 10.1. The highest BCUT2D eigenvalue weighted by atomic mass is 16.6. The van der Waals surface area contributed by atoms with Crippen molar-refractivity contribution in [2.75, 3.05) is 33.4 Å². The molecule has 8 heteroatoms. The van der Waals surface area contributed by atoms with Crippen molar-refractivity contribution in [2.45, 2.75) is 25.3 Å². The average molecular weight is 413 g/mol. The zero-order valence-electron chi connectivity index (χ0n) is 17.1. The van der Waals surface area contributed by atoms with E-state index >= 15 is 0 Å².